The molecule has 1 aromatic carbocycles. The summed E-state index contributed by atoms with van der Waals surface area (Å²) in [4.78, 5) is 4.17. The highest BCUT2D eigenvalue weighted by Gasteiger charge is 2.28. The Labute approximate surface area is 110 Å². The van der Waals surface area contributed by atoms with E-state index in [1.807, 2.05) is 20.8 Å². The van der Waals surface area contributed by atoms with Crippen molar-refractivity contribution in [2.24, 2.45) is 0 Å². The summed E-state index contributed by atoms with van der Waals surface area (Å²) in [6.45, 7) is 6.02. The van der Waals surface area contributed by atoms with E-state index in [-0.39, 0.29) is 23.0 Å². The molecule has 0 bridgehead atoms. The quantitative estimate of drug-likeness (QED) is 0.881. The summed E-state index contributed by atoms with van der Waals surface area (Å²) in [5.41, 5.74) is -0.579. The van der Waals surface area contributed by atoms with Crippen molar-refractivity contribution >= 4 is 0 Å². The maximum Gasteiger partial charge on any atom is 0.265 e. The van der Waals surface area contributed by atoms with Gasteiger partial charge in [-0.3, -0.25) is 0 Å². The Kier molecular flexibility index (Phi) is 3.44. The van der Waals surface area contributed by atoms with Gasteiger partial charge in [-0.1, -0.05) is 11.2 Å². The van der Waals surface area contributed by atoms with Gasteiger partial charge in [0.15, 0.2) is 0 Å². The highest BCUT2D eigenvalue weighted by Crippen LogP contribution is 2.36. The average Bonchev–Trinajstić information content (AvgIpc) is 2.78. The number of phenolic OH excluding ortho intramolecular Hbond substituents is 2. The summed E-state index contributed by atoms with van der Waals surface area (Å²) in [7, 11) is 0. The number of aromatic nitrogens is 2. The Bertz CT molecular complexity index is 558. The van der Waals surface area contributed by atoms with Crippen LogP contribution in [0.2, 0.25) is 0 Å². The molecule has 0 amide bonds. The third-order valence-corrected chi connectivity index (χ3v) is 2.70. The predicted octanol–water partition coefficient (Wildman–Crippen LogP) is 2.42. The fourth-order valence-corrected chi connectivity index (χ4v) is 1.74. The van der Waals surface area contributed by atoms with E-state index in [1.165, 1.54) is 18.2 Å². The maximum absolute atomic E-state index is 9.74. The molecule has 102 valence electrons. The van der Waals surface area contributed by atoms with Crippen LogP contribution in [0.4, 0.5) is 0 Å². The topological polar surface area (TPSA) is 88.6 Å². The van der Waals surface area contributed by atoms with Crippen molar-refractivity contribution in [3.05, 3.63) is 24.0 Å². The van der Waals surface area contributed by atoms with Crippen LogP contribution in [0.1, 0.15) is 26.6 Å². The van der Waals surface area contributed by atoms with Crippen LogP contribution in [0, 0.1) is 0 Å². The van der Waals surface area contributed by atoms with Crippen molar-refractivity contribution in [2.75, 3.05) is 6.61 Å². The zero-order chi connectivity index (χ0) is 14.0. The Morgan fingerprint density at radius 3 is 2.47 bits per heavy atom. The Morgan fingerprint density at radius 2 is 1.89 bits per heavy atom. The Hall–Kier alpha value is -2.08. The molecule has 0 aliphatic carbocycles. The first-order valence-corrected chi connectivity index (χ1v) is 5.95. The Balaban J connectivity index is 2.42. The number of ether oxygens (including phenoxy) is 1. The van der Waals surface area contributed by atoms with E-state index >= 15 is 0 Å². The van der Waals surface area contributed by atoms with Crippen molar-refractivity contribution in [3.63, 3.8) is 0 Å². The van der Waals surface area contributed by atoms with Crippen LogP contribution < -0.4 is 0 Å². The second kappa shape index (κ2) is 4.89. The fourth-order valence-electron chi connectivity index (χ4n) is 1.74. The molecule has 0 saturated carbocycles. The van der Waals surface area contributed by atoms with E-state index in [2.05, 4.69) is 10.1 Å². The van der Waals surface area contributed by atoms with Crippen molar-refractivity contribution in [1.29, 1.82) is 0 Å². The molecule has 0 aliphatic rings. The number of hydrogen-bond donors (Lipinski definition) is 2. The van der Waals surface area contributed by atoms with Crippen LogP contribution in [0.15, 0.2) is 22.7 Å². The maximum atomic E-state index is 9.74. The first-order chi connectivity index (χ1) is 8.95. The van der Waals surface area contributed by atoms with Gasteiger partial charge in [0.05, 0.1) is 0 Å². The predicted molar refractivity (Wildman–Crippen MR) is 67.7 cm³/mol. The molecule has 0 atom stereocenters. The lowest BCUT2D eigenvalue weighted by Crippen LogP contribution is -2.23. The fraction of sp³-hybridized carbons (Fsp3) is 0.385. The van der Waals surface area contributed by atoms with Crippen LogP contribution >= 0.6 is 0 Å². The minimum absolute atomic E-state index is 0.0541. The minimum atomic E-state index is -0.698. The van der Waals surface area contributed by atoms with E-state index in [4.69, 9.17) is 9.26 Å². The highest BCUT2D eigenvalue weighted by atomic mass is 16.5. The summed E-state index contributed by atoms with van der Waals surface area (Å²) < 4.78 is 10.6. The monoisotopic (exact) mass is 264 g/mol. The molecule has 6 nitrogen and oxygen atoms in total. The van der Waals surface area contributed by atoms with Crippen molar-refractivity contribution < 1.29 is 19.5 Å². The molecule has 2 aromatic rings. The first kappa shape index (κ1) is 13.4. The molecule has 0 fully saturated rings. The first-order valence-electron chi connectivity index (χ1n) is 5.95. The van der Waals surface area contributed by atoms with Gasteiger partial charge in [0.2, 0.25) is 5.82 Å². The van der Waals surface area contributed by atoms with Crippen LogP contribution in [0.25, 0.3) is 11.5 Å². The number of benzene rings is 1. The van der Waals surface area contributed by atoms with Gasteiger partial charge in [-0.05, 0) is 32.9 Å². The number of hydrogen-bond acceptors (Lipinski definition) is 6. The van der Waals surface area contributed by atoms with Gasteiger partial charge in [-0.15, -0.1) is 0 Å². The number of nitrogens with zero attached hydrogens (tertiary/aromatic N) is 2. The molecule has 2 rings (SSSR count). The smallest absolute Gasteiger partial charge is 0.265 e. The molecule has 19 heavy (non-hydrogen) atoms. The van der Waals surface area contributed by atoms with E-state index in [0.717, 1.165) is 0 Å². The SMILES string of the molecule is CCOC(C)(C)c1noc(-c2c(O)cccc2O)n1. The van der Waals surface area contributed by atoms with Crippen LogP contribution in [0.3, 0.4) is 0 Å². The second-order valence-corrected chi connectivity index (χ2v) is 4.54. The minimum Gasteiger partial charge on any atom is -0.507 e. The van der Waals surface area contributed by atoms with E-state index in [9.17, 15) is 10.2 Å². The van der Waals surface area contributed by atoms with Gasteiger partial charge in [0.1, 0.15) is 22.7 Å². The lowest BCUT2D eigenvalue weighted by Gasteiger charge is -2.19. The summed E-state index contributed by atoms with van der Waals surface area (Å²) in [5, 5.41) is 23.3. The van der Waals surface area contributed by atoms with Gasteiger partial charge in [0.25, 0.3) is 5.89 Å². The largest absolute Gasteiger partial charge is 0.507 e. The highest BCUT2D eigenvalue weighted by molar-refractivity contribution is 5.69. The van der Waals surface area contributed by atoms with Crippen molar-refractivity contribution in [2.45, 2.75) is 26.4 Å². The second-order valence-electron chi connectivity index (χ2n) is 4.54. The molecule has 6 heteroatoms. The van der Waals surface area contributed by atoms with E-state index < -0.39 is 5.60 Å². The molecule has 0 radical (unpaired) electrons. The van der Waals surface area contributed by atoms with Crippen LogP contribution in [-0.4, -0.2) is 27.0 Å². The third-order valence-electron chi connectivity index (χ3n) is 2.70. The van der Waals surface area contributed by atoms with Gasteiger partial charge >= 0.3 is 0 Å². The Morgan fingerprint density at radius 1 is 1.26 bits per heavy atom. The van der Waals surface area contributed by atoms with Crippen LogP contribution in [-0.2, 0) is 10.3 Å². The van der Waals surface area contributed by atoms with E-state index in [0.29, 0.717) is 12.4 Å². The molecule has 0 saturated heterocycles. The molecule has 1 heterocycles. The summed E-state index contributed by atoms with van der Waals surface area (Å²) in [6, 6.07) is 4.40. The van der Waals surface area contributed by atoms with Gasteiger partial charge in [-0.25, -0.2) is 0 Å². The summed E-state index contributed by atoms with van der Waals surface area (Å²) in [5.74, 6) is 0.166. The third kappa shape index (κ3) is 2.53. The van der Waals surface area contributed by atoms with Gasteiger partial charge in [-0.2, -0.15) is 4.98 Å². The molecule has 0 aliphatic heterocycles. The summed E-state index contributed by atoms with van der Waals surface area (Å²) >= 11 is 0. The van der Waals surface area contributed by atoms with Crippen LogP contribution in [0.5, 0.6) is 11.5 Å². The molecule has 2 N–H and O–H groups in total. The molecule has 0 spiro atoms. The lowest BCUT2D eigenvalue weighted by molar-refractivity contribution is -0.0221. The van der Waals surface area contributed by atoms with Gasteiger partial charge < -0.3 is 19.5 Å². The normalized spacial score (nSPS) is 11.7. The number of rotatable bonds is 4. The number of phenols is 2. The van der Waals surface area contributed by atoms with Crippen molar-refractivity contribution in [3.8, 4) is 23.0 Å². The molecular weight excluding hydrogens is 248 g/mol. The van der Waals surface area contributed by atoms with E-state index in [1.54, 1.807) is 0 Å². The van der Waals surface area contributed by atoms with Crippen molar-refractivity contribution in [1.82, 2.24) is 10.1 Å². The average molecular weight is 264 g/mol. The molecule has 1 aromatic heterocycles. The molecular formula is C13H16N2O4. The lowest BCUT2D eigenvalue weighted by atomic mass is 10.1. The summed E-state index contributed by atoms with van der Waals surface area (Å²) in [6.07, 6.45) is 0. The number of aromatic hydroxyl groups is 2. The standard InChI is InChI=1S/C13H16N2O4/c1-4-18-13(2,3)12-14-11(19-15-12)10-8(16)6-5-7-9(10)17/h5-7,16-17H,4H2,1-3H3. The van der Waals surface area contributed by atoms with Gasteiger partial charge in [0, 0.05) is 6.61 Å². The zero-order valence-corrected chi connectivity index (χ0v) is 11.0. The molecule has 0 unspecified atom stereocenters. The zero-order valence-electron chi connectivity index (χ0n) is 11.0.